The highest BCUT2D eigenvalue weighted by atomic mass is 32.2. The van der Waals surface area contributed by atoms with Gasteiger partial charge in [-0.2, -0.15) is 0 Å². The number of nitrogens with one attached hydrogen (secondary N) is 1. The van der Waals surface area contributed by atoms with E-state index in [4.69, 9.17) is 0 Å². The monoisotopic (exact) mass is 423 g/mol. The molecule has 0 fully saturated rings. The maximum absolute atomic E-state index is 13.1. The molecule has 0 aliphatic rings. The summed E-state index contributed by atoms with van der Waals surface area (Å²) in [6, 6.07) is 14.1. The van der Waals surface area contributed by atoms with Crippen molar-refractivity contribution in [1.29, 1.82) is 0 Å². The van der Waals surface area contributed by atoms with E-state index in [1.54, 1.807) is 47.9 Å². The molecule has 7 heteroatoms. The summed E-state index contributed by atoms with van der Waals surface area (Å²) in [4.78, 5) is 42.4. The number of anilines is 1. The lowest BCUT2D eigenvalue weighted by atomic mass is 10.1. The lowest BCUT2D eigenvalue weighted by molar-refractivity contribution is -0.115. The summed E-state index contributed by atoms with van der Waals surface area (Å²) in [5.41, 5.74) is 1.45. The number of nitrogens with zero attached hydrogens (tertiary/aromatic N) is 2. The summed E-state index contributed by atoms with van der Waals surface area (Å²) < 4.78 is 1.67. The lowest BCUT2D eigenvalue weighted by Crippen LogP contribution is -2.29. The standard InChI is InChI=1S/C23H25N3O3S/c1-5-14(2)26-22(29)18-11-7-9-13-20(18)25-23(26)30-16(4)21(28)24-19-12-8-6-10-17(19)15(3)27/h6-14,16H,5H2,1-4H3,(H,24,28)/t14-,16+/m1/s1. The van der Waals surface area contributed by atoms with E-state index in [1.165, 1.54) is 18.7 Å². The Labute approximate surface area is 179 Å². The van der Waals surface area contributed by atoms with Crippen LogP contribution in [-0.2, 0) is 4.79 Å². The smallest absolute Gasteiger partial charge is 0.262 e. The van der Waals surface area contributed by atoms with Gasteiger partial charge in [-0.3, -0.25) is 19.0 Å². The molecule has 0 unspecified atom stereocenters. The van der Waals surface area contributed by atoms with Gasteiger partial charge in [0.2, 0.25) is 5.91 Å². The van der Waals surface area contributed by atoms with Gasteiger partial charge < -0.3 is 5.32 Å². The Balaban J connectivity index is 1.93. The van der Waals surface area contributed by atoms with Gasteiger partial charge in [0.25, 0.3) is 5.56 Å². The number of Topliss-reactive ketones (excluding diaryl/α,β-unsaturated/α-hetero) is 1. The van der Waals surface area contributed by atoms with Crippen LogP contribution in [0.2, 0.25) is 0 Å². The topological polar surface area (TPSA) is 81.1 Å². The van der Waals surface area contributed by atoms with E-state index in [1.807, 2.05) is 26.0 Å². The molecule has 1 heterocycles. The highest BCUT2D eigenvalue weighted by Crippen LogP contribution is 2.27. The number of carbonyl (C=O) groups excluding carboxylic acids is 2. The van der Waals surface area contributed by atoms with Crippen molar-refractivity contribution in [3.05, 3.63) is 64.4 Å². The van der Waals surface area contributed by atoms with E-state index in [9.17, 15) is 14.4 Å². The predicted molar refractivity (Wildman–Crippen MR) is 121 cm³/mol. The van der Waals surface area contributed by atoms with Gasteiger partial charge in [-0.1, -0.05) is 43.0 Å². The minimum absolute atomic E-state index is 0.0502. The van der Waals surface area contributed by atoms with Crippen LogP contribution in [0.25, 0.3) is 10.9 Å². The van der Waals surface area contributed by atoms with Crippen molar-refractivity contribution in [3.8, 4) is 0 Å². The molecule has 0 spiro atoms. The number of carbonyl (C=O) groups is 2. The normalized spacial score (nSPS) is 13.1. The van der Waals surface area contributed by atoms with Crippen molar-refractivity contribution in [3.63, 3.8) is 0 Å². The Morgan fingerprint density at radius 1 is 1.10 bits per heavy atom. The largest absolute Gasteiger partial charge is 0.324 e. The number of benzene rings is 2. The van der Waals surface area contributed by atoms with Gasteiger partial charge in [0.15, 0.2) is 10.9 Å². The fraction of sp³-hybridized carbons (Fsp3) is 0.304. The summed E-state index contributed by atoms with van der Waals surface area (Å²) in [7, 11) is 0. The fourth-order valence-electron chi connectivity index (χ4n) is 3.13. The Bertz CT molecular complexity index is 1160. The maximum atomic E-state index is 13.1. The summed E-state index contributed by atoms with van der Waals surface area (Å²) in [6.45, 7) is 7.21. The van der Waals surface area contributed by atoms with Crippen LogP contribution in [0.3, 0.4) is 0 Å². The third kappa shape index (κ3) is 4.46. The second-order valence-corrected chi connectivity index (χ2v) is 8.50. The maximum Gasteiger partial charge on any atom is 0.262 e. The summed E-state index contributed by atoms with van der Waals surface area (Å²) >= 11 is 1.24. The van der Waals surface area contributed by atoms with Crippen LogP contribution in [0.15, 0.2) is 58.5 Å². The van der Waals surface area contributed by atoms with Crippen LogP contribution in [-0.4, -0.2) is 26.5 Å². The molecule has 0 aliphatic heterocycles. The number of rotatable bonds is 7. The van der Waals surface area contributed by atoms with Gasteiger partial charge >= 0.3 is 0 Å². The van der Waals surface area contributed by atoms with Crippen LogP contribution >= 0.6 is 11.8 Å². The molecular formula is C23H25N3O3S. The minimum Gasteiger partial charge on any atom is -0.324 e. The van der Waals surface area contributed by atoms with E-state index >= 15 is 0 Å². The molecule has 156 valence electrons. The average molecular weight is 424 g/mol. The van der Waals surface area contributed by atoms with Crippen LogP contribution < -0.4 is 10.9 Å². The molecular weight excluding hydrogens is 398 g/mol. The quantitative estimate of drug-likeness (QED) is 0.339. The minimum atomic E-state index is -0.520. The number of amides is 1. The molecule has 2 aromatic carbocycles. The molecule has 30 heavy (non-hydrogen) atoms. The van der Waals surface area contributed by atoms with Crippen LogP contribution in [0, 0.1) is 0 Å². The first-order chi connectivity index (χ1) is 14.3. The van der Waals surface area contributed by atoms with Gasteiger partial charge in [0, 0.05) is 11.6 Å². The fourth-order valence-corrected chi connectivity index (χ4v) is 4.13. The molecule has 0 radical (unpaired) electrons. The summed E-state index contributed by atoms with van der Waals surface area (Å²) in [5.74, 6) is -0.375. The van der Waals surface area contributed by atoms with E-state index < -0.39 is 5.25 Å². The molecule has 0 aliphatic carbocycles. The zero-order chi connectivity index (χ0) is 21.8. The average Bonchev–Trinajstić information content (AvgIpc) is 2.73. The SMILES string of the molecule is CC[C@@H](C)n1c(S[C@@H](C)C(=O)Nc2ccccc2C(C)=O)nc2ccccc2c1=O. The van der Waals surface area contributed by atoms with Crippen molar-refractivity contribution >= 4 is 40.0 Å². The number of thioether (sulfide) groups is 1. The Morgan fingerprint density at radius 3 is 2.47 bits per heavy atom. The number of ketones is 1. The molecule has 3 aromatic rings. The van der Waals surface area contributed by atoms with Crippen molar-refractivity contribution in [2.45, 2.75) is 50.6 Å². The van der Waals surface area contributed by atoms with Crippen molar-refractivity contribution in [2.75, 3.05) is 5.32 Å². The first-order valence-electron chi connectivity index (χ1n) is 9.92. The van der Waals surface area contributed by atoms with E-state index in [2.05, 4.69) is 10.3 Å². The van der Waals surface area contributed by atoms with Crippen molar-refractivity contribution < 1.29 is 9.59 Å². The predicted octanol–water partition coefficient (Wildman–Crippen LogP) is 4.69. The summed E-state index contributed by atoms with van der Waals surface area (Å²) in [5, 5.41) is 3.38. The van der Waals surface area contributed by atoms with Gasteiger partial charge in [-0.25, -0.2) is 4.98 Å². The van der Waals surface area contributed by atoms with Crippen LogP contribution in [0.5, 0.6) is 0 Å². The first kappa shape index (κ1) is 21.8. The molecule has 0 saturated heterocycles. The lowest BCUT2D eigenvalue weighted by Gasteiger charge is -2.20. The van der Waals surface area contributed by atoms with Crippen molar-refractivity contribution in [2.24, 2.45) is 0 Å². The highest BCUT2D eigenvalue weighted by molar-refractivity contribution is 8.00. The number of para-hydroxylation sites is 2. The second kappa shape index (κ2) is 9.26. The van der Waals surface area contributed by atoms with E-state index in [0.717, 1.165) is 6.42 Å². The molecule has 1 amide bonds. The van der Waals surface area contributed by atoms with E-state index in [0.29, 0.717) is 27.3 Å². The number of hydrogen-bond donors (Lipinski definition) is 1. The van der Waals surface area contributed by atoms with Crippen molar-refractivity contribution in [1.82, 2.24) is 9.55 Å². The van der Waals surface area contributed by atoms with Gasteiger partial charge in [-0.15, -0.1) is 0 Å². The number of aromatic nitrogens is 2. The Morgan fingerprint density at radius 2 is 1.77 bits per heavy atom. The van der Waals surface area contributed by atoms with Crippen LogP contribution in [0.4, 0.5) is 5.69 Å². The Kier molecular flexibility index (Phi) is 6.72. The number of fused-ring (bicyclic) bond motifs is 1. The zero-order valence-electron chi connectivity index (χ0n) is 17.5. The van der Waals surface area contributed by atoms with Gasteiger partial charge in [0.1, 0.15) is 0 Å². The van der Waals surface area contributed by atoms with Gasteiger partial charge in [-0.05, 0) is 51.5 Å². The summed E-state index contributed by atoms with van der Waals surface area (Å²) in [6.07, 6.45) is 0.764. The van der Waals surface area contributed by atoms with Gasteiger partial charge in [0.05, 0.1) is 21.8 Å². The molecule has 1 aromatic heterocycles. The third-order valence-corrected chi connectivity index (χ3v) is 6.09. The first-order valence-corrected chi connectivity index (χ1v) is 10.8. The van der Waals surface area contributed by atoms with Crippen LogP contribution in [0.1, 0.15) is 50.5 Å². The molecule has 0 saturated carbocycles. The number of hydrogen-bond acceptors (Lipinski definition) is 5. The molecule has 2 atom stereocenters. The second-order valence-electron chi connectivity index (χ2n) is 7.20. The highest BCUT2D eigenvalue weighted by Gasteiger charge is 2.22. The molecule has 3 rings (SSSR count). The molecule has 6 nitrogen and oxygen atoms in total. The zero-order valence-corrected chi connectivity index (χ0v) is 18.3. The van der Waals surface area contributed by atoms with E-state index in [-0.39, 0.29) is 23.3 Å². The molecule has 0 bridgehead atoms. The molecule has 1 N–H and O–H groups in total. The third-order valence-electron chi connectivity index (χ3n) is 5.02. The Hall–Kier alpha value is -2.93.